The molecule has 1 unspecified atom stereocenters. The lowest BCUT2D eigenvalue weighted by atomic mass is 10.0. The normalized spacial score (nSPS) is 12.3. The van der Waals surface area contributed by atoms with Crippen LogP contribution in [0.25, 0.3) is 11.1 Å². The average Bonchev–Trinajstić information content (AvgIpc) is 2.97. The van der Waals surface area contributed by atoms with Crippen molar-refractivity contribution in [3.8, 4) is 11.1 Å². The minimum atomic E-state index is -0.219. The number of hydrogen-bond donors (Lipinski definition) is 0. The molecule has 0 bridgehead atoms. The lowest BCUT2D eigenvalue weighted by molar-refractivity contribution is 0.626. The average molecular weight is 594 g/mol. The second-order valence-electron chi connectivity index (χ2n) is 9.88. The van der Waals surface area contributed by atoms with Crippen LogP contribution >= 0.6 is 35.3 Å². The van der Waals surface area contributed by atoms with Gasteiger partial charge >= 0.3 is 0 Å². The molecular formula is C36H32FNS3. The number of rotatable bonds is 9. The van der Waals surface area contributed by atoms with E-state index in [1.807, 2.05) is 36.0 Å². The second kappa shape index (κ2) is 14.1. The van der Waals surface area contributed by atoms with Crippen molar-refractivity contribution < 1.29 is 4.39 Å². The molecule has 5 aromatic rings. The van der Waals surface area contributed by atoms with Gasteiger partial charge in [-0.25, -0.2) is 9.38 Å². The Balaban J connectivity index is 1.50. The van der Waals surface area contributed by atoms with E-state index in [2.05, 4.69) is 106 Å². The third-order valence-electron chi connectivity index (χ3n) is 6.55. The summed E-state index contributed by atoms with van der Waals surface area (Å²) in [7, 11) is 0. The number of nitrogens with zero attached hydrogens (tertiary/aromatic N) is 1. The van der Waals surface area contributed by atoms with E-state index in [0.29, 0.717) is 0 Å². The Labute approximate surface area is 255 Å². The fourth-order valence-electron chi connectivity index (χ4n) is 4.42. The van der Waals surface area contributed by atoms with Crippen LogP contribution in [0.4, 0.5) is 10.1 Å². The predicted octanol–water partition coefficient (Wildman–Crippen LogP) is 11.5. The number of aryl methyl sites for hydroxylation is 3. The zero-order valence-electron chi connectivity index (χ0n) is 23.4. The first-order valence-electron chi connectivity index (χ1n) is 13.6. The monoisotopic (exact) mass is 593 g/mol. The molecule has 0 saturated heterocycles. The Morgan fingerprint density at radius 3 is 2.02 bits per heavy atom. The van der Waals surface area contributed by atoms with Crippen molar-refractivity contribution in [3.63, 3.8) is 0 Å². The predicted molar refractivity (Wildman–Crippen MR) is 178 cm³/mol. The Morgan fingerprint density at radius 2 is 1.34 bits per heavy atom. The van der Waals surface area contributed by atoms with E-state index in [9.17, 15) is 4.39 Å². The summed E-state index contributed by atoms with van der Waals surface area (Å²) in [5, 5.41) is 1.05. The molecule has 1 nitrogen and oxygen atoms in total. The maximum absolute atomic E-state index is 13.7. The molecule has 0 aromatic heterocycles. The topological polar surface area (TPSA) is 12.4 Å². The van der Waals surface area contributed by atoms with Crippen molar-refractivity contribution in [1.82, 2.24) is 0 Å². The number of benzene rings is 5. The summed E-state index contributed by atoms with van der Waals surface area (Å²) in [4.78, 5) is 8.71. The van der Waals surface area contributed by atoms with E-state index < -0.39 is 0 Å². The SMILES string of the molecule is Cc1ccc(C)c(SC(CC(Sc2ccccc2)Sc2ccc(F)cc2)=Nc2ccc(-c3ccccc3)c(C)c2)c1. The van der Waals surface area contributed by atoms with E-state index in [1.54, 1.807) is 23.5 Å². The van der Waals surface area contributed by atoms with Crippen LogP contribution in [0.5, 0.6) is 0 Å². The van der Waals surface area contributed by atoms with Gasteiger partial charge in [-0.1, -0.05) is 78.5 Å². The quantitative estimate of drug-likeness (QED) is 0.0730. The van der Waals surface area contributed by atoms with Crippen LogP contribution in [0.3, 0.4) is 0 Å². The highest BCUT2D eigenvalue weighted by Crippen LogP contribution is 2.41. The summed E-state index contributed by atoms with van der Waals surface area (Å²) in [5.41, 5.74) is 7.05. The molecule has 0 aliphatic carbocycles. The van der Waals surface area contributed by atoms with Crippen LogP contribution in [0.2, 0.25) is 0 Å². The van der Waals surface area contributed by atoms with E-state index in [-0.39, 0.29) is 10.4 Å². The van der Waals surface area contributed by atoms with E-state index >= 15 is 0 Å². The molecule has 5 aromatic carbocycles. The molecular weight excluding hydrogens is 562 g/mol. The van der Waals surface area contributed by atoms with Crippen LogP contribution in [0.15, 0.2) is 141 Å². The van der Waals surface area contributed by atoms with Gasteiger partial charge < -0.3 is 0 Å². The highest BCUT2D eigenvalue weighted by atomic mass is 32.2. The molecule has 0 N–H and O–H groups in total. The maximum Gasteiger partial charge on any atom is 0.123 e. The summed E-state index contributed by atoms with van der Waals surface area (Å²) < 4.78 is 13.8. The highest BCUT2D eigenvalue weighted by Gasteiger charge is 2.18. The van der Waals surface area contributed by atoms with Gasteiger partial charge in [0.25, 0.3) is 0 Å². The van der Waals surface area contributed by atoms with E-state index in [1.165, 1.54) is 49.7 Å². The zero-order valence-corrected chi connectivity index (χ0v) is 25.8. The molecule has 0 saturated carbocycles. The summed E-state index contributed by atoms with van der Waals surface area (Å²) >= 11 is 5.32. The first-order valence-corrected chi connectivity index (χ1v) is 16.1. The van der Waals surface area contributed by atoms with Crippen molar-refractivity contribution in [3.05, 3.63) is 144 Å². The van der Waals surface area contributed by atoms with Gasteiger partial charge in [-0.3, -0.25) is 0 Å². The first kappa shape index (κ1) is 29.2. The van der Waals surface area contributed by atoms with Crippen molar-refractivity contribution in [2.75, 3.05) is 0 Å². The van der Waals surface area contributed by atoms with Crippen molar-refractivity contribution in [1.29, 1.82) is 0 Å². The number of halogens is 1. The molecule has 0 fully saturated rings. The summed E-state index contributed by atoms with van der Waals surface area (Å²) in [6.45, 7) is 6.43. The molecule has 5 rings (SSSR count). The second-order valence-corrected chi connectivity index (χ2v) is 13.8. The van der Waals surface area contributed by atoms with Gasteiger partial charge in [0.05, 0.1) is 15.3 Å². The van der Waals surface area contributed by atoms with E-state index in [0.717, 1.165) is 22.0 Å². The standard InChI is InChI=1S/C36H32FNS3/c1-25-14-15-26(2)34(22-25)41-35(38-30-18-21-33(27(3)23-30)28-10-6-4-7-11-28)24-36(39-31-12-8-5-9-13-31)40-32-19-16-29(37)17-20-32/h4-23,36H,24H2,1-3H3. The molecule has 41 heavy (non-hydrogen) atoms. The van der Waals surface area contributed by atoms with Gasteiger partial charge in [-0.15, -0.1) is 23.5 Å². The minimum absolute atomic E-state index is 0.143. The fraction of sp³-hybridized carbons (Fsp3) is 0.139. The Hall–Kier alpha value is -3.25. The Morgan fingerprint density at radius 1 is 0.683 bits per heavy atom. The molecule has 0 amide bonds. The molecule has 206 valence electrons. The summed E-state index contributed by atoms with van der Waals surface area (Å²) in [6, 6.07) is 40.8. The largest absolute Gasteiger partial charge is 0.246 e. The maximum atomic E-state index is 13.7. The van der Waals surface area contributed by atoms with Crippen molar-refractivity contribution in [2.45, 2.75) is 46.5 Å². The summed E-state index contributed by atoms with van der Waals surface area (Å²) in [5.74, 6) is -0.219. The van der Waals surface area contributed by atoms with Crippen LogP contribution in [0.1, 0.15) is 23.1 Å². The van der Waals surface area contributed by atoms with Gasteiger partial charge in [-0.2, -0.15) is 0 Å². The number of aliphatic imine (C=N–C) groups is 1. The molecule has 0 aliphatic heterocycles. The molecule has 0 heterocycles. The molecule has 0 aliphatic rings. The lowest BCUT2D eigenvalue weighted by Crippen LogP contribution is -2.05. The first-order chi connectivity index (χ1) is 19.9. The van der Waals surface area contributed by atoms with Crippen LogP contribution in [-0.4, -0.2) is 9.63 Å². The summed E-state index contributed by atoms with van der Waals surface area (Å²) in [6.07, 6.45) is 0.749. The molecule has 0 spiro atoms. The third kappa shape index (κ3) is 8.38. The van der Waals surface area contributed by atoms with Gasteiger partial charge in [0, 0.05) is 21.1 Å². The van der Waals surface area contributed by atoms with Crippen LogP contribution in [-0.2, 0) is 0 Å². The highest BCUT2D eigenvalue weighted by molar-refractivity contribution is 8.17. The number of thioether (sulfide) groups is 3. The Bertz CT molecular complexity index is 1620. The Kier molecular flexibility index (Phi) is 10.0. The van der Waals surface area contributed by atoms with Gasteiger partial charge in [-0.05, 0) is 103 Å². The fourth-order valence-corrected chi connectivity index (χ4v) is 8.32. The third-order valence-corrected chi connectivity index (χ3v) is 10.2. The smallest absolute Gasteiger partial charge is 0.123 e. The minimum Gasteiger partial charge on any atom is -0.246 e. The lowest BCUT2D eigenvalue weighted by Gasteiger charge is -2.19. The van der Waals surface area contributed by atoms with Crippen molar-refractivity contribution in [2.24, 2.45) is 4.99 Å². The van der Waals surface area contributed by atoms with E-state index in [4.69, 9.17) is 4.99 Å². The molecule has 5 heteroatoms. The zero-order chi connectivity index (χ0) is 28.6. The molecule has 1 atom stereocenters. The number of hydrogen-bond acceptors (Lipinski definition) is 4. The van der Waals surface area contributed by atoms with Gasteiger partial charge in [0.2, 0.25) is 0 Å². The van der Waals surface area contributed by atoms with Crippen LogP contribution in [0, 0.1) is 26.6 Å². The molecule has 0 radical (unpaired) electrons. The van der Waals surface area contributed by atoms with Gasteiger partial charge in [0.15, 0.2) is 0 Å². The van der Waals surface area contributed by atoms with Crippen molar-refractivity contribution >= 4 is 46.0 Å². The van der Waals surface area contributed by atoms with Gasteiger partial charge in [0.1, 0.15) is 5.82 Å². The van der Waals surface area contributed by atoms with Crippen LogP contribution < -0.4 is 0 Å².